The molecule has 0 bridgehead atoms. The molecule has 1 aromatic carbocycles. The first-order valence-electron chi connectivity index (χ1n) is 8.97. The molecule has 3 aromatic rings. The Morgan fingerprint density at radius 1 is 1.20 bits per heavy atom. The standard InChI is InChI=1S/C18H15Cl2F3N6O/c19-12-4-3-11(13(20)5-12)7-28-9-24-17(27-28)25-16(30)8-29-14(10-1-2-10)6-15(26-29)18(21,22)23/h3-6,9-10H,1-2,7-8H2,(H,25,27,30). The largest absolute Gasteiger partial charge is 0.435 e. The van der Waals surface area contributed by atoms with Crippen molar-refractivity contribution in [3.05, 3.63) is 57.6 Å². The normalized spacial score (nSPS) is 14.2. The third-order valence-electron chi connectivity index (χ3n) is 4.53. The van der Waals surface area contributed by atoms with E-state index in [0.717, 1.165) is 29.2 Å². The number of nitrogens with zero attached hydrogens (tertiary/aromatic N) is 5. The molecule has 158 valence electrons. The number of aromatic nitrogens is 5. The predicted octanol–water partition coefficient (Wildman–Crippen LogP) is 4.36. The topological polar surface area (TPSA) is 77.6 Å². The molecule has 1 N–H and O–H groups in total. The maximum atomic E-state index is 13.0. The summed E-state index contributed by atoms with van der Waals surface area (Å²) in [6.07, 6.45) is -1.59. The lowest BCUT2D eigenvalue weighted by atomic mass is 10.2. The van der Waals surface area contributed by atoms with Gasteiger partial charge in [0.15, 0.2) is 5.69 Å². The molecular formula is C18H15Cl2F3N6O. The number of rotatable bonds is 6. The molecule has 1 saturated carbocycles. The summed E-state index contributed by atoms with van der Waals surface area (Å²) in [7, 11) is 0. The van der Waals surface area contributed by atoms with E-state index in [1.165, 1.54) is 11.0 Å². The van der Waals surface area contributed by atoms with Gasteiger partial charge in [-0.3, -0.25) is 14.8 Å². The van der Waals surface area contributed by atoms with Crippen molar-refractivity contribution in [2.24, 2.45) is 0 Å². The number of anilines is 1. The highest BCUT2D eigenvalue weighted by Gasteiger charge is 2.38. The first-order chi connectivity index (χ1) is 14.2. The van der Waals surface area contributed by atoms with E-state index in [1.54, 1.807) is 18.2 Å². The lowest BCUT2D eigenvalue weighted by Gasteiger charge is -2.06. The van der Waals surface area contributed by atoms with Crippen molar-refractivity contribution < 1.29 is 18.0 Å². The van der Waals surface area contributed by atoms with E-state index in [2.05, 4.69) is 20.5 Å². The maximum absolute atomic E-state index is 13.0. The minimum absolute atomic E-state index is 0.00265. The third-order valence-corrected chi connectivity index (χ3v) is 5.11. The molecule has 12 heteroatoms. The second-order valence-corrected chi connectivity index (χ2v) is 7.78. The van der Waals surface area contributed by atoms with Crippen LogP contribution in [0, 0.1) is 0 Å². The SMILES string of the molecule is O=C(Cn1nc(C(F)(F)F)cc1C1CC1)Nc1ncn(Cc2ccc(Cl)cc2Cl)n1. The Morgan fingerprint density at radius 2 is 1.97 bits per heavy atom. The van der Waals surface area contributed by atoms with Crippen molar-refractivity contribution >= 4 is 35.1 Å². The second kappa shape index (κ2) is 7.92. The van der Waals surface area contributed by atoms with Gasteiger partial charge in [-0.05, 0) is 36.6 Å². The number of benzene rings is 1. The zero-order chi connectivity index (χ0) is 21.5. The summed E-state index contributed by atoms with van der Waals surface area (Å²) in [5.41, 5.74) is 0.168. The summed E-state index contributed by atoms with van der Waals surface area (Å²) in [5.74, 6) is -0.542. The quantitative estimate of drug-likeness (QED) is 0.594. The third kappa shape index (κ3) is 4.76. The first kappa shape index (κ1) is 20.7. The monoisotopic (exact) mass is 458 g/mol. The van der Waals surface area contributed by atoms with E-state index < -0.39 is 17.8 Å². The highest BCUT2D eigenvalue weighted by molar-refractivity contribution is 6.35. The Hall–Kier alpha value is -2.59. The molecule has 2 aromatic heterocycles. The molecule has 4 rings (SSSR count). The van der Waals surface area contributed by atoms with Gasteiger partial charge in [0.1, 0.15) is 12.9 Å². The minimum Gasteiger partial charge on any atom is -0.292 e. The van der Waals surface area contributed by atoms with Gasteiger partial charge in [-0.15, -0.1) is 5.10 Å². The molecule has 1 aliphatic rings. The molecular weight excluding hydrogens is 444 g/mol. The van der Waals surface area contributed by atoms with Crippen molar-refractivity contribution in [3.63, 3.8) is 0 Å². The van der Waals surface area contributed by atoms with Gasteiger partial charge in [0.05, 0.1) is 6.54 Å². The van der Waals surface area contributed by atoms with Crippen molar-refractivity contribution in [3.8, 4) is 0 Å². The maximum Gasteiger partial charge on any atom is 0.435 e. The summed E-state index contributed by atoms with van der Waals surface area (Å²) in [6, 6.07) is 6.06. The van der Waals surface area contributed by atoms with E-state index in [4.69, 9.17) is 23.2 Å². The molecule has 0 aliphatic heterocycles. The Morgan fingerprint density at radius 3 is 2.63 bits per heavy atom. The Balaban J connectivity index is 1.42. The first-order valence-corrected chi connectivity index (χ1v) is 9.73. The number of amides is 1. The van der Waals surface area contributed by atoms with Crippen LogP contribution < -0.4 is 5.32 Å². The molecule has 30 heavy (non-hydrogen) atoms. The second-order valence-electron chi connectivity index (χ2n) is 6.93. The smallest absolute Gasteiger partial charge is 0.292 e. The average Bonchev–Trinajstić information content (AvgIpc) is 3.26. The molecule has 1 amide bonds. The highest BCUT2D eigenvalue weighted by atomic mass is 35.5. The van der Waals surface area contributed by atoms with Crippen LogP contribution in [0.4, 0.5) is 19.1 Å². The van der Waals surface area contributed by atoms with Crippen LogP contribution in [0.5, 0.6) is 0 Å². The van der Waals surface area contributed by atoms with Crippen molar-refractivity contribution in [1.29, 1.82) is 0 Å². The fourth-order valence-corrected chi connectivity index (χ4v) is 3.43. The molecule has 0 atom stereocenters. The fourth-order valence-electron chi connectivity index (χ4n) is 2.96. The van der Waals surface area contributed by atoms with Crippen LogP contribution in [-0.2, 0) is 24.1 Å². The van der Waals surface area contributed by atoms with E-state index in [-0.39, 0.29) is 18.4 Å². The molecule has 0 spiro atoms. The van der Waals surface area contributed by atoms with Crippen LogP contribution in [0.2, 0.25) is 10.0 Å². The molecule has 1 aliphatic carbocycles. The molecule has 7 nitrogen and oxygen atoms in total. The average molecular weight is 459 g/mol. The minimum atomic E-state index is -4.56. The van der Waals surface area contributed by atoms with E-state index in [0.29, 0.717) is 22.3 Å². The number of hydrogen-bond acceptors (Lipinski definition) is 4. The van der Waals surface area contributed by atoms with Gasteiger partial charge < -0.3 is 0 Å². The van der Waals surface area contributed by atoms with Gasteiger partial charge in [-0.1, -0.05) is 29.3 Å². The van der Waals surface area contributed by atoms with Crippen LogP contribution in [-0.4, -0.2) is 30.5 Å². The van der Waals surface area contributed by atoms with Crippen LogP contribution in [0.1, 0.15) is 35.7 Å². The highest BCUT2D eigenvalue weighted by Crippen LogP contribution is 2.42. The number of hydrogen-bond donors (Lipinski definition) is 1. The van der Waals surface area contributed by atoms with E-state index >= 15 is 0 Å². The lowest BCUT2D eigenvalue weighted by molar-refractivity contribution is -0.141. The predicted molar refractivity (Wildman–Crippen MR) is 103 cm³/mol. The van der Waals surface area contributed by atoms with Crippen molar-refractivity contribution in [1.82, 2.24) is 24.5 Å². The number of carbonyl (C=O) groups is 1. The number of alkyl halides is 3. The summed E-state index contributed by atoms with van der Waals surface area (Å²) in [4.78, 5) is 16.3. The van der Waals surface area contributed by atoms with Crippen molar-refractivity contribution in [2.45, 2.75) is 38.0 Å². The zero-order valence-corrected chi connectivity index (χ0v) is 16.8. The molecule has 1 fully saturated rings. The zero-order valence-electron chi connectivity index (χ0n) is 15.3. The molecule has 0 saturated heterocycles. The van der Waals surface area contributed by atoms with E-state index in [9.17, 15) is 18.0 Å². The Kier molecular flexibility index (Phi) is 5.46. The summed E-state index contributed by atoms with van der Waals surface area (Å²) < 4.78 is 41.5. The van der Waals surface area contributed by atoms with Gasteiger partial charge in [0.2, 0.25) is 11.9 Å². The van der Waals surface area contributed by atoms with Crippen LogP contribution >= 0.6 is 23.2 Å². The van der Waals surface area contributed by atoms with Crippen LogP contribution in [0.15, 0.2) is 30.6 Å². The van der Waals surface area contributed by atoms with Gasteiger partial charge in [-0.2, -0.15) is 18.3 Å². The van der Waals surface area contributed by atoms with Gasteiger partial charge in [0, 0.05) is 21.7 Å². The van der Waals surface area contributed by atoms with Gasteiger partial charge in [-0.25, -0.2) is 9.67 Å². The summed E-state index contributed by atoms with van der Waals surface area (Å²) in [5, 5.41) is 11.2. The Labute approximate surface area is 178 Å². The fraction of sp³-hybridized carbons (Fsp3) is 0.333. The van der Waals surface area contributed by atoms with Crippen molar-refractivity contribution in [2.75, 3.05) is 5.32 Å². The molecule has 2 heterocycles. The van der Waals surface area contributed by atoms with Crippen LogP contribution in [0.3, 0.4) is 0 Å². The number of halogens is 5. The molecule has 0 radical (unpaired) electrons. The summed E-state index contributed by atoms with van der Waals surface area (Å²) >= 11 is 12.0. The summed E-state index contributed by atoms with van der Waals surface area (Å²) in [6.45, 7) is -0.0573. The lowest BCUT2D eigenvalue weighted by Crippen LogP contribution is -2.22. The van der Waals surface area contributed by atoms with Gasteiger partial charge in [0.25, 0.3) is 0 Å². The number of nitrogens with one attached hydrogen (secondary N) is 1. The molecule has 0 unspecified atom stereocenters. The Bertz CT molecular complexity index is 1090. The van der Waals surface area contributed by atoms with E-state index in [1.807, 2.05) is 0 Å². The number of carbonyl (C=O) groups excluding carboxylic acids is 1. The van der Waals surface area contributed by atoms with Gasteiger partial charge >= 0.3 is 6.18 Å². The van der Waals surface area contributed by atoms with Crippen LogP contribution in [0.25, 0.3) is 0 Å².